The van der Waals surface area contributed by atoms with Crippen molar-refractivity contribution in [1.82, 2.24) is 10.3 Å². The Morgan fingerprint density at radius 3 is 2.08 bits per heavy atom. The second-order valence-corrected chi connectivity index (χ2v) is 16.4. The lowest BCUT2D eigenvalue weighted by Gasteiger charge is -2.36. The molecule has 6 aromatic carbocycles. The molecule has 0 bridgehead atoms. The summed E-state index contributed by atoms with van der Waals surface area (Å²) in [7, 11) is 0. The smallest absolute Gasteiger partial charge is 0.256 e. The molecule has 0 unspecified atom stereocenters. The molecule has 0 radical (unpaired) electrons. The Bertz CT molecular complexity index is 2530. The lowest BCUT2D eigenvalue weighted by molar-refractivity contribution is -0.245. The molecule has 0 spiro atoms. The second-order valence-electron chi connectivity index (χ2n) is 15.4. The highest BCUT2D eigenvalue weighted by Crippen LogP contribution is 2.41. The molecule has 0 saturated carbocycles. The zero-order chi connectivity index (χ0) is 43.4. The molecule has 1 aliphatic rings. The SMILES string of the molecule is Nc1ccccc1NC(=O)CCCCC(=O)NCc1ccccc1-c1ccc([C@H]2O[C@@H](CSc3nc(-c4ccccc4)c(-c4ccccc4)o3)C[C@@H](c3ccc(CO)cc3)O2)cc1. The summed E-state index contributed by atoms with van der Waals surface area (Å²) in [5.41, 5.74) is 15.5. The number of ether oxygens (including phenoxy) is 2. The predicted octanol–water partition coefficient (Wildman–Crippen LogP) is 10.9. The average molecular weight is 859 g/mol. The van der Waals surface area contributed by atoms with Crippen LogP contribution in [0.1, 0.15) is 66.8 Å². The first kappa shape index (κ1) is 43.2. The fourth-order valence-corrected chi connectivity index (χ4v) is 8.42. The molecule has 8 rings (SSSR count). The van der Waals surface area contributed by atoms with E-state index < -0.39 is 6.29 Å². The van der Waals surface area contributed by atoms with E-state index in [-0.39, 0.29) is 30.6 Å². The molecule has 3 atom stereocenters. The number of oxazole rings is 1. The summed E-state index contributed by atoms with van der Waals surface area (Å²) in [5.74, 6) is 1.12. The molecule has 63 heavy (non-hydrogen) atoms. The van der Waals surface area contributed by atoms with Gasteiger partial charge >= 0.3 is 0 Å². The van der Waals surface area contributed by atoms with E-state index in [0.717, 1.165) is 56.0 Å². The van der Waals surface area contributed by atoms with Gasteiger partial charge in [-0.3, -0.25) is 9.59 Å². The number of anilines is 2. The van der Waals surface area contributed by atoms with Crippen LogP contribution in [0.15, 0.2) is 167 Å². The summed E-state index contributed by atoms with van der Waals surface area (Å²) in [5, 5.41) is 16.1. The van der Waals surface area contributed by atoms with Crippen molar-refractivity contribution in [3.8, 4) is 33.7 Å². The number of para-hydroxylation sites is 2. The molecule has 7 aromatic rings. The number of thioether (sulfide) groups is 1. The maximum atomic E-state index is 12.8. The van der Waals surface area contributed by atoms with Crippen LogP contribution >= 0.6 is 11.8 Å². The number of carbonyl (C=O) groups excluding carboxylic acids is 2. The summed E-state index contributed by atoms with van der Waals surface area (Å²) in [6, 6.07) is 51.3. The van der Waals surface area contributed by atoms with Crippen molar-refractivity contribution in [1.29, 1.82) is 0 Å². The van der Waals surface area contributed by atoms with Crippen LogP contribution in [0.25, 0.3) is 33.7 Å². The Morgan fingerprint density at radius 1 is 0.698 bits per heavy atom. The Balaban J connectivity index is 0.917. The van der Waals surface area contributed by atoms with Crippen molar-refractivity contribution in [3.63, 3.8) is 0 Å². The molecular formula is C52H50N4O6S. The van der Waals surface area contributed by atoms with Gasteiger partial charge in [-0.15, -0.1) is 0 Å². The van der Waals surface area contributed by atoms with E-state index in [4.69, 9.17) is 24.6 Å². The van der Waals surface area contributed by atoms with Crippen LogP contribution in [-0.2, 0) is 32.2 Å². The summed E-state index contributed by atoms with van der Waals surface area (Å²) in [6.07, 6.45) is 1.36. The molecule has 10 nitrogen and oxygen atoms in total. The number of nitrogens with two attached hydrogens (primary N) is 1. The van der Waals surface area contributed by atoms with E-state index in [9.17, 15) is 14.7 Å². The van der Waals surface area contributed by atoms with E-state index in [2.05, 4.69) is 28.8 Å². The highest BCUT2D eigenvalue weighted by Gasteiger charge is 2.33. The maximum absolute atomic E-state index is 12.8. The molecule has 1 fully saturated rings. The Kier molecular flexibility index (Phi) is 14.4. The number of aliphatic hydroxyl groups excluding tert-OH is 1. The predicted molar refractivity (Wildman–Crippen MR) is 248 cm³/mol. The molecule has 2 heterocycles. The molecule has 1 aromatic heterocycles. The van der Waals surface area contributed by atoms with Crippen molar-refractivity contribution >= 4 is 35.0 Å². The maximum Gasteiger partial charge on any atom is 0.256 e. The number of benzene rings is 6. The number of nitrogen functional groups attached to an aromatic ring is 1. The molecule has 11 heteroatoms. The van der Waals surface area contributed by atoms with Gasteiger partial charge in [0.25, 0.3) is 5.22 Å². The summed E-state index contributed by atoms with van der Waals surface area (Å²) in [6.45, 7) is 0.346. The first-order chi connectivity index (χ1) is 30.9. The number of hydrogen-bond acceptors (Lipinski definition) is 9. The van der Waals surface area contributed by atoms with E-state index in [1.54, 1.807) is 12.1 Å². The zero-order valence-electron chi connectivity index (χ0n) is 34.8. The molecular weight excluding hydrogens is 809 g/mol. The van der Waals surface area contributed by atoms with Gasteiger partial charge in [0.2, 0.25) is 11.8 Å². The largest absolute Gasteiger partial charge is 0.431 e. The highest BCUT2D eigenvalue weighted by molar-refractivity contribution is 7.99. The second kappa shape index (κ2) is 21.0. The number of amides is 2. The van der Waals surface area contributed by atoms with Crippen LogP contribution in [0.3, 0.4) is 0 Å². The first-order valence-corrected chi connectivity index (χ1v) is 22.2. The number of rotatable bonds is 17. The van der Waals surface area contributed by atoms with Crippen LogP contribution in [0.5, 0.6) is 0 Å². The quantitative estimate of drug-likeness (QED) is 0.0399. The van der Waals surface area contributed by atoms with Gasteiger partial charge in [-0.2, -0.15) is 0 Å². The van der Waals surface area contributed by atoms with Gasteiger partial charge in [-0.1, -0.05) is 157 Å². The minimum absolute atomic E-state index is 0.0290. The fourth-order valence-electron chi connectivity index (χ4n) is 7.58. The summed E-state index contributed by atoms with van der Waals surface area (Å²) >= 11 is 1.53. The van der Waals surface area contributed by atoms with Crippen LogP contribution in [-0.4, -0.2) is 33.8 Å². The third kappa shape index (κ3) is 11.3. The van der Waals surface area contributed by atoms with Gasteiger partial charge in [0.1, 0.15) is 5.69 Å². The third-order valence-corrected chi connectivity index (χ3v) is 11.9. The van der Waals surface area contributed by atoms with Gasteiger partial charge in [0, 0.05) is 48.3 Å². The molecule has 5 N–H and O–H groups in total. The highest BCUT2D eigenvalue weighted by atomic mass is 32.2. The van der Waals surface area contributed by atoms with Crippen LogP contribution < -0.4 is 16.4 Å². The monoisotopic (exact) mass is 858 g/mol. The minimum atomic E-state index is -0.637. The van der Waals surface area contributed by atoms with Crippen molar-refractivity contribution in [2.75, 3.05) is 16.8 Å². The lowest BCUT2D eigenvalue weighted by atomic mass is 9.97. The number of carbonyl (C=O) groups is 2. The lowest BCUT2D eigenvalue weighted by Crippen LogP contribution is -2.31. The minimum Gasteiger partial charge on any atom is -0.431 e. The third-order valence-electron chi connectivity index (χ3n) is 11.0. The molecule has 1 aliphatic heterocycles. The van der Waals surface area contributed by atoms with Crippen LogP contribution in [0, 0.1) is 0 Å². The standard InChI is InChI=1S/C52H50N4O6S/c53-44-19-9-10-20-45(44)55-48(59)22-12-11-21-47(58)54-32-41-17-7-8-18-43(41)36-27-29-40(30-28-36)51-60-42(31-46(61-51)37-25-23-35(33-57)24-26-37)34-63-52-56-49(38-13-3-1-4-14-38)50(62-52)39-15-5-2-6-16-39/h1-10,13-20,23-30,42,46,51,57H,11-12,21-22,31-34,53H2,(H,54,58)(H,55,59)/t42-,46+,51+/m1/s1. The van der Waals surface area contributed by atoms with Crippen molar-refractivity contribution in [3.05, 3.63) is 180 Å². The van der Waals surface area contributed by atoms with E-state index in [0.29, 0.717) is 61.0 Å². The van der Waals surface area contributed by atoms with Gasteiger partial charge in [-0.25, -0.2) is 4.98 Å². The Labute approximate surface area is 371 Å². The topological polar surface area (TPSA) is 149 Å². The van der Waals surface area contributed by atoms with Crippen molar-refractivity contribution < 1.29 is 28.6 Å². The number of nitrogens with zero attached hydrogens (tertiary/aromatic N) is 1. The normalized spacial score (nSPS) is 16.0. The Hall–Kier alpha value is -6.50. The average Bonchev–Trinajstić information content (AvgIpc) is 3.77. The number of aliphatic hydroxyl groups is 1. The van der Waals surface area contributed by atoms with Crippen molar-refractivity contribution in [2.24, 2.45) is 0 Å². The number of hydrogen-bond donors (Lipinski definition) is 4. The fraction of sp³-hybridized carbons (Fsp3) is 0.212. The van der Waals surface area contributed by atoms with E-state index in [1.165, 1.54) is 11.8 Å². The van der Waals surface area contributed by atoms with Crippen LogP contribution in [0.4, 0.5) is 11.4 Å². The van der Waals surface area contributed by atoms with Gasteiger partial charge in [-0.05, 0) is 52.8 Å². The van der Waals surface area contributed by atoms with Crippen LogP contribution in [0.2, 0.25) is 0 Å². The van der Waals surface area contributed by atoms with Crippen molar-refractivity contribution in [2.45, 2.75) is 69.0 Å². The van der Waals surface area contributed by atoms with Gasteiger partial charge < -0.3 is 35.4 Å². The molecule has 2 amide bonds. The van der Waals surface area contributed by atoms with Gasteiger partial charge in [0.15, 0.2) is 12.1 Å². The molecule has 1 saturated heterocycles. The first-order valence-electron chi connectivity index (χ1n) is 21.2. The molecule has 0 aliphatic carbocycles. The summed E-state index contributed by atoms with van der Waals surface area (Å²) in [4.78, 5) is 30.2. The summed E-state index contributed by atoms with van der Waals surface area (Å²) < 4.78 is 19.8. The number of unbranched alkanes of at least 4 members (excludes halogenated alkanes) is 1. The van der Waals surface area contributed by atoms with Gasteiger partial charge in [0.05, 0.1) is 30.2 Å². The number of aromatic nitrogens is 1. The Morgan fingerprint density at radius 2 is 1.35 bits per heavy atom. The number of nitrogens with one attached hydrogen (secondary N) is 2. The van der Waals surface area contributed by atoms with E-state index >= 15 is 0 Å². The van der Waals surface area contributed by atoms with E-state index in [1.807, 2.05) is 127 Å². The molecule has 320 valence electrons. The zero-order valence-corrected chi connectivity index (χ0v) is 35.6.